The van der Waals surface area contributed by atoms with Crippen molar-refractivity contribution >= 4 is 21.8 Å². The van der Waals surface area contributed by atoms with Crippen LogP contribution in [0, 0.1) is 6.92 Å². The zero-order chi connectivity index (χ0) is 21.3. The fourth-order valence-corrected chi connectivity index (χ4v) is 3.65. The SMILES string of the molecule is CCCNC(=O)CCNC(=O)c1cc(S(=O)(=O)NCc2ccccc2)ccc1C. The summed E-state index contributed by atoms with van der Waals surface area (Å²) in [4.78, 5) is 24.1. The number of hydrogen-bond acceptors (Lipinski definition) is 4. The Labute approximate surface area is 172 Å². The van der Waals surface area contributed by atoms with E-state index in [0.29, 0.717) is 12.1 Å². The standard InChI is InChI=1S/C21H27N3O4S/c1-3-12-22-20(25)11-13-23-21(26)19-14-18(10-9-16(19)2)29(27,28)24-15-17-7-5-4-6-8-17/h4-10,14,24H,3,11-13,15H2,1-2H3,(H,22,25)(H,23,26). The first-order chi connectivity index (χ1) is 13.8. The Morgan fingerprint density at radius 3 is 2.38 bits per heavy atom. The smallest absolute Gasteiger partial charge is 0.251 e. The second-order valence-electron chi connectivity index (χ2n) is 6.64. The molecule has 0 heterocycles. The maximum atomic E-state index is 12.6. The van der Waals surface area contributed by atoms with E-state index in [9.17, 15) is 18.0 Å². The van der Waals surface area contributed by atoms with Crippen LogP contribution in [0.3, 0.4) is 0 Å². The maximum Gasteiger partial charge on any atom is 0.251 e. The molecule has 0 saturated carbocycles. The lowest BCUT2D eigenvalue weighted by atomic mass is 10.1. The summed E-state index contributed by atoms with van der Waals surface area (Å²) in [7, 11) is -3.77. The third kappa shape index (κ3) is 6.99. The molecule has 29 heavy (non-hydrogen) atoms. The van der Waals surface area contributed by atoms with Crippen molar-refractivity contribution in [1.82, 2.24) is 15.4 Å². The van der Waals surface area contributed by atoms with Crippen LogP contribution in [0.15, 0.2) is 53.4 Å². The fourth-order valence-electron chi connectivity index (χ4n) is 2.61. The first kappa shape index (κ1) is 22.6. The van der Waals surface area contributed by atoms with Gasteiger partial charge in [0.15, 0.2) is 0 Å². The Hall–Kier alpha value is -2.71. The van der Waals surface area contributed by atoms with E-state index in [1.807, 2.05) is 37.3 Å². The number of carbonyl (C=O) groups is 2. The molecule has 0 unspecified atom stereocenters. The Bertz CT molecular complexity index is 944. The number of benzene rings is 2. The van der Waals surface area contributed by atoms with Crippen LogP contribution in [0.25, 0.3) is 0 Å². The Kier molecular flexibility index (Phi) is 8.35. The molecule has 156 valence electrons. The van der Waals surface area contributed by atoms with Crippen molar-refractivity contribution in [2.24, 2.45) is 0 Å². The lowest BCUT2D eigenvalue weighted by molar-refractivity contribution is -0.120. The minimum Gasteiger partial charge on any atom is -0.356 e. The molecule has 0 aliphatic heterocycles. The number of aryl methyl sites for hydroxylation is 1. The number of amides is 2. The van der Waals surface area contributed by atoms with E-state index in [-0.39, 0.29) is 35.9 Å². The van der Waals surface area contributed by atoms with Crippen molar-refractivity contribution in [3.8, 4) is 0 Å². The zero-order valence-electron chi connectivity index (χ0n) is 16.7. The lowest BCUT2D eigenvalue weighted by Crippen LogP contribution is -2.31. The number of nitrogens with one attached hydrogen (secondary N) is 3. The van der Waals surface area contributed by atoms with Crippen molar-refractivity contribution in [3.63, 3.8) is 0 Å². The molecule has 2 amide bonds. The molecule has 0 atom stereocenters. The van der Waals surface area contributed by atoms with Crippen LogP contribution in [0.5, 0.6) is 0 Å². The Morgan fingerprint density at radius 2 is 1.69 bits per heavy atom. The van der Waals surface area contributed by atoms with Crippen molar-refractivity contribution in [2.45, 2.75) is 38.1 Å². The Balaban J connectivity index is 2.02. The van der Waals surface area contributed by atoms with E-state index in [2.05, 4.69) is 15.4 Å². The molecule has 0 fully saturated rings. The van der Waals surface area contributed by atoms with Gasteiger partial charge >= 0.3 is 0 Å². The van der Waals surface area contributed by atoms with E-state index in [0.717, 1.165) is 12.0 Å². The predicted octanol–water partition coefficient (Wildman–Crippen LogP) is 2.12. The van der Waals surface area contributed by atoms with E-state index >= 15 is 0 Å². The van der Waals surface area contributed by atoms with Gasteiger partial charge in [0.1, 0.15) is 0 Å². The molecule has 0 aromatic heterocycles. The summed E-state index contributed by atoms with van der Waals surface area (Å²) in [6.07, 6.45) is 1.01. The third-order valence-electron chi connectivity index (χ3n) is 4.28. The lowest BCUT2D eigenvalue weighted by Gasteiger charge is -2.11. The van der Waals surface area contributed by atoms with E-state index in [1.54, 1.807) is 13.0 Å². The number of carbonyl (C=O) groups excluding carboxylic acids is 2. The topological polar surface area (TPSA) is 104 Å². The highest BCUT2D eigenvalue weighted by atomic mass is 32.2. The summed E-state index contributed by atoms with van der Waals surface area (Å²) >= 11 is 0. The van der Waals surface area contributed by atoms with Crippen LogP contribution < -0.4 is 15.4 Å². The Morgan fingerprint density at radius 1 is 0.966 bits per heavy atom. The zero-order valence-corrected chi connectivity index (χ0v) is 17.5. The van der Waals surface area contributed by atoms with Crippen LogP contribution in [-0.4, -0.2) is 33.3 Å². The molecular weight excluding hydrogens is 390 g/mol. The number of sulfonamides is 1. The molecule has 0 aliphatic carbocycles. The van der Waals surface area contributed by atoms with Crippen molar-refractivity contribution < 1.29 is 18.0 Å². The molecule has 0 spiro atoms. The average Bonchev–Trinajstić information content (AvgIpc) is 2.71. The van der Waals surface area contributed by atoms with Crippen LogP contribution in [0.4, 0.5) is 0 Å². The van der Waals surface area contributed by atoms with E-state index in [4.69, 9.17) is 0 Å². The molecule has 3 N–H and O–H groups in total. The molecular formula is C21H27N3O4S. The molecule has 0 aliphatic rings. The average molecular weight is 418 g/mol. The van der Waals surface area contributed by atoms with E-state index < -0.39 is 15.9 Å². The molecule has 7 nitrogen and oxygen atoms in total. The molecule has 0 bridgehead atoms. The van der Waals surface area contributed by atoms with E-state index in [1.165, 1.54) is 12.1 Å². The van der Waals surface area contributed by atoms with Crippen LogP contribution in [0.1, 0.15) is 41.3 Å². The van der Waals surface area contributed by atoms with Gasteiger partial charge in [-0.25, -0.2) is 13.1 Å². The second-order valence-corrected chi connectivity index (χ2v) is 8.41. The van der Waals surface area contributed by atoms with Crippen LogP contribution in [0.2, 0.25) is 0 Å². The number of rotatable bonds is 10. The second kappa shape index (κ2) is 10.7. The molecule has 0 radical (unpaired) electrons. The summed E-state index contributed by atoms with van der Waals surface area (Å²) in [6.45, 7) is 4.63. The molecule has 0 saturated heterocycles. The minimum absolute atomic E-state index is 0.0184. The van der Waals surface area contributed by atoms with Crippen LogP contribution >= 0.6 is 0 Å². The van der Waals surface area contributed by atoms with Gasteiger partial charge in [-0.3, -0.25) is 9.59 Å². The summed E-state index contributed by atoms with van der Waals surface area (Å²) in [5.41, 5.74) is 1.75. The van der Waals surface area contributed by atoms with Gasteiger partial charge in [-0.1, -0.05) is 43.3 Å². The van der Waals surface area contributed by atoms with Gasteiger partial charge in [-0.2, -0.15) is 0 Å². The highest BCUT2D eigenvalue weighted by molar-refractivity contribution is 7.89. The van der Waals surface area contributed by atoms with Gasteiger partial charge in [-0.15, -0.1) is 0 Å². The van der Waals surface area contributed by atoms with Gasteiger partial charge in [0.2, 0.25) is 15.9 Å². The van der Waals surface area contributed by atoms with Crippen LogP contribution in [-0.2, 0) is 21.4 Å². The summed E-state index contributed by atoms with van der Waals surface area (Å²) in [5, 5.41) is 5.40. The van der Waals surface area contributed by atoms with Gasteiger partial charge in [0, 0.05) is 31.6 Å². The highest BCUT2D eigenvalue weighted by Gasteiger charge is 2.18. The highest BCUT2D eigenvalue weighted by Crippen LogP contribution is 2.16. The maximum absolute atomic E-state index is 12.6. The first-order valence-electron chi connectivity index (χ1n) is 9.52. The van der Waals surface area contributed by atoms with Crippen molar-refractivity contribution in [2.75, 3.05) is 13.1 Å². The third-order valence-corrected chi connectivity index (χ3v) is 5.68. The molecule has 2 aromatic carbocycles. The molecule has 8 heteroatoms. The largest absolute Gasteiger partial charge is 0.356 e. The fraction of sp³-hybridized carbons (Fsp3) is 0.333. The normalized spacial score (nSPS) is 11.1. The van der Waals surface area contributed by atoms with Gasteiger partial charge in [-0.05, 0) is 36.6 Å². The predicted molar refractivity (Wildman–Crippen MR) is 112 cm³/mol. The summed E-state index contributed by atoms with van der Waals surface area (Å²) < 4.78 is 27.7. The molecule has 2 rings (SSSR count). The summed E-state index contributed by atoms with van der Waals surface area (Å²) in [5.74, 6) is -0.545. The first-order valence-corrected chi connectivity index (χ1v) is 11.0. The van der Waals surface area contributed by atoms with Gasteiger partial charge < -0.3 is 10.6 Å². The summed E-state index contributed by atoms with van der Waals surface area (Å²) in [6, 6.07) is 13.6. The van der Waals surface area contributed by atoms with Crippen molar-refractivity contribution in [1.29, 1.82) is 0 Å². The van der Waals surface area contributed by atoms with Gasteiger partial charge in [0.25, 0.3) is 5.91 Å². The minimum atomic E-state index is -3.77. The molecule has 2 aromatic rings. The quantitative estimate of drug-likeness (QED) is 0.551. The van der Waals surface area contributed by atoms with Crippen molar-refractivity contribution in [3.05, 3.63) is 65.2 Å². The monoisotopic (exact) mass is 417 g/mol. The number of hydrogen-bond donors (Lipinski definition) is 3. The van der Waals surface area contributed by atoms with Gasteiger partial charge in [0.05, 0.1) is 4.90 Å².